The lowest BCUT2D eigenvalue weighted by Gasteiger charge is -2.25. The number of rotatable bonds is 3. The van der Waals surface area contributed by atoms with Gasteiger partial charge in [0.2, 0.25) is 0 Å². The first kappa shape index (κ1) is 22.0. The number of pyridine rings is 1. The Morgan fingerprint density at radius 3 is 2.76 bits per heavy atom. The summed E-state index contributed by atoms with van der Waals surface area (Å²) in [5.41, 5.74) is 4.09. The molecule has 1 saturated heterocycles. The van der Waals surface area contributed by atoms with Crippen molar-refractivity contribution < 1.29 is 9.47 Å². The van der Waals surface area contributed by atoms with Crippen LogP contribution in [0.25, 0.3) is 28.0 Å². The predicted octanol–water partition coefficient (Wildman–Crippen LogP) is 6.47. The van der Waals surface area contributed by atoms with E-state index >= 15 is 0 Å². The number of hydrogen-bond donors (Lipinski definition) is 0. The van der Waals surface area contributed by atoms with Crippen molar-refractivity contribution in [1.82, 2.24) is 19.5 Å². The van der Waals surface area contributed by atoms with Crippen LogP contribution in [0.5, 0.6) is 0 Å². The summed E-state index contributed by atoms with van der Waals surface area (Å²) in [6.45, 7) is 6.13. The molecule has 34 heavy (non-hydrogen) atoms. The first-order chi connectivity index (χ1) is 16.3. The highest BCUT2D eigenvalue weighted by Crippen LogP contribution is 2.50. The van der Waals surface area contributed by atoms with Gasteiger partial charge < -0.3 is 14.0 Å². The van der Waals surface area contributed by atoms with Crippen molar-refractivity contribution in [2.24, 2.45) is 5.92 Å². The van der Waals surface area contributed by atoms with Gasteiger partial charge in [-0.25, -0.2) is 9.97 Å². The molecule has 0 radical (unpaired) electrons. The molecule has 1 saturated carbocycles. The molecule has 0 amide bonds. The summed E-state index contributed by atoms with van der Waals surface area (Å²) in [5, 5.41) is 2.97. The minimum absolute atomic E-state index is 0.0524. The average Bonchev–Trinajstić information content (AvgIpc) is 3.45. The van der Waals surface area contributed by atoms with E-state index in [1.165, 1.54) is 11.9 Å². The number of nitrogens with zero attached hydrogens (tertiary/aromatic N) is 4. The van der Waals surface area contributed by atoms with E-state index in [4.69, 9.17) is 32.7 Å². The zero-order chi connectivity index (χ0) is 23.6. The van der Waals surface area contributed by atoms with Crippen LogP contribution < -0.4 is 0 Å². The smallest absolute Gasteiger partial charge is 0.163 e. The Bertz CT molecular complexity index is 1450. The van der Waals surface area contributed by atoms with Crippen LogP contribution in [0.15, 0.2) is 54.6 Å². The number of aromatic nitrogens is 4. The third-order valence-corrected chi connectivity index (χ3v) is 7.41. The molecule has 2 aliphatic rings. The third kappa shape index (κ3) is 3.69. The quantitative estimate of drug-likeness (QED) is 0.305. The second kappa shape index (κ2) is 8.02. The van der Waals surface area contributed by atoms with Gasteiger partial charge in [0.25, 0.3) is 0 Å². The summed E-state index contributed by atoms with van der Waals surface area (Å²) in [6, 6.07) is 10.2. The normalized spacial score (nSPS) is 26.4. The molecule has 4 heterocycles. The van der Waals surface area contributed by atoms with Crippen molar-refractivity contribution in [2.75, 3.05) is 0 Å². The molecule has 2 fully saturated rings. The second-order valence-electron chi connectivity index (χ2n) is 9.59. The van der Waals surface area contributed by atoms with Crippen LogP contribution in [-0.2, 0) is 9.47 Å². The SMILES string of the molecule is C/C(=C\c1ccc2cc(Cl)cnc2c1)[C@H]1C[C@@H](n2ccc3c(Cl)ncnc32)[C@@H]2OC(C)(C)O[C@@H]21. The predicted molar refractivity (Wildman–Crippen MR) is 134 cm³/mol. The van der Waals surface area contributed by atoms with Crippen LogP contribution in [0, 0.1) is 5.92 Å². The van der Waals surface area contributed by atoms with Crippen molar-refractivity contribution >= 4 is 51.2 Å². The molecule has 4 atom stereocenters. The fraction of sp³-hybridized carbons (Fsp3) is 0.346. The van der Waals surface area contributed by atoms with Crippen molar-refractivity contribution in [2.45, 2.75) is 51.2 Å². The number of hydrogen-bond acceptors (Lipinski definition) is 5. The molecule has 0 bridgehead atoms. The van der Waals surface area contributed by atoms with Gasteiger partial charge in [-0.05, 0) is 51.0 Å². The molecule has 4 aromatic rings. The third-order valence-electron chi connectivity index (χ3n) is 6.91. The summed E-state index contributed by atoms with van der Waals surface area (Å²) in [5.74, 6) is -0.450. The number of halogens is 2. The van der Waals surface area contributed by atoms with Gasteiger partial charge in [0, 0.05) is 23.7 Å². The lowest BCUT2D eigenvalue weighted by molar-refractivity contribution is -0.158. The van der Waals surface area contributed by atoms with E-state index in [-0.39, 0.29) is 24.2 Å². The fourth-order valence-electron chi connectivity index (χ4n) is 5.45. The van der Waals surface area contributed by atoms with Crippen LogP contribution in [0.4, 0.5) is 0 Å². The average molecular weight is 495 g/mol. The van der Waals surface area contributed by atoms with E-state index in [0.29, 0.717) is 10.2 Å². The Kier molecular flexibility index (Phi) is 5.19. The van der Waals surface area contributed by atoms with Gasteiger partial charge in [-0.2, -0.15) is 0 Å². The van der Waals surface area contributed by atoms with Gasteiger partial charge in [0.15, 0.2) is 5.79 Å². The van der Waals surface area contributed by atoms with Gasteiger partial charge in [0.1, 0.15) is 23.2 Å². The van der Waals surface area contributed by atoms with Gasteiger partial charge in [-0.15, -0.1) is 0 Å². The summed E-state index contributed by atoms with van der Waals surface area (Å²) in [7, 11) is 0. The van der Waals surface area contributed by atoms with Crippen molar-refractivity contribution in [3.05, 3.63) is 70.4 Å². The molecule has 0 N–H and O–H groups in total. The van der Waals surface area contributed by atoms with Crippen LogP contribution in [-0.4, -0.2) is 37.5 Å². The minimum Gasteiger partial charge on any atom is -0.344 e. The lowest BCUT2D eigenvalue weighted by atomic mass is 9.94. The molecule has 1 aromatic carbocycles. The van der Waals surface area contributed by atoms with Crippen molar-refractivity contribution in [1.29, 1.82) is 0 Å². The van der Waals surface area contributed by atoms with Gasteiger partial charge in [-0.1, -0.05) is 47.0 Å². The fourth-order valence-corrected chi connectivity index (χ4v) is 5.81. The molecule has 6 rings (SSSR count). The lowest BCUT2D eigenvalue weighted by Crippen LogP contribution is -2.27. The topological polar surface area (TPSA) is 62.1 Å². The van der Waals surface area contributed by atoms with E-state index in [9.17, 15) is 0 Å². The highest BCUT2D eigenvalue weighted by Gasteiger charge is 2.55. The van der Waals surface area contributed by atoms with Crippen LogP contribution in [0.2, 0.25) is 10.2 Å². The van der Waals surface area contributed by atoms with Crippen LogP contribution in [0.3, 0.4) is 0 Å². The Morgan fingerprint density at radius 1 is 1.09 bits per heavy atom. The van der Waals surface area contributed by atoms with Gasteiger partial charge in [-0.3, -0.25) is 4.98 Å². The molecular weight excluding hydrogens is 471 g/mol. The van der Waals surface area contributed by atoms with E-state index in [0.717, 1.165) is 33.9 Å². The van der Waals surface area contributed by atoms with Gasteiger partial charge in [0.05, 0.1) is 28.1 Å². The maximum Gasteiger partial charge on any atom is 0.163 e. The Labute approximate surface area is 207 Å². The molecule has 1 aliphatic heterocycles. The second-order valence-corrected chi connectivity index (χ2v) is 10.4. The Hall–Kier alpha value is -2.51. The summed E-state index contributed by atoms with van der Waals surface area (Å²) in [4.78, 5) is 13.1. The molecule has 3 aromatic heterocycles. The minimum atomic E-state index is -0.645. The number of ether oxygens (including phenoxy) is 2. The zero-order valence-corrected chi connectivity index (χ0v) is 20.6. The monoisotopic (exact) mass is 494 g/mol. The molecule has 174 valence electrons. The Morgan fingerprint density at radius 2 is 1.91 bits per heavy atom. The molecule has 8 heteroatoms. The standard InChI is InChI=1S/C26H24Cl2N4O2/c1-14(8-15-4-5-16-10-17(27)12-29-20(16)9-15)19-11-21(23-22(19)33-26(2,3)34-23)32-7-6-18-24(28)30-13-31-25(18)32/h4-10,12-13,19,21-23H,11H2,1-3H3/b14-8+/t19-,21-,22-,23+/m1/s1. The number of benzene rings is 1. The largest absolute Gasteiger partial charge is 0.344 e. The number of fused-ring (bicyclic) bond motifs is 3. The highest BCUT2D eigenvalue weighted by molar-refractivity contribution is 6.33. The maximum atomic E-state index is 6.43. The molecular formula is C26H24Cl2N4O2. The zero-order valence-electron chi connectivity index (χ0n) is 19.1. The van der Waals surface area contributed by atoms with Crippen molar-refractivity contribution in [3.63, 3.8) is 0 Å². The van der Waals surface area contributed by atoms with E-state index < -0.39 is 5.79 Å². The van der Waals surface area contributed by atoms with E-state index in [1.54, 1.807) is 6.20 Å². The summed E-state index contributed by atoms with van der Waals surface area (Å²) < 4.78 is 15.0. The molecule has 6 nitrogen and oxygen atoms in total. The van der Waals surface area contributed by atoms with Gasteiger partial charge >= 0.3 is 0 Å². The van der Waals surface area contributed by atoms with Crippen LogP contribution >= 0.6 is 23.2 Å². The van der Waals surface area contributed by atoms with E-state index in [1.807, 2.05) is 32.2 Å². The highest BCUT2D eigenvalue weighted by atomic mass is 35.5. The Balaban J connectivity index is 1.37. The summed E-state index contributed by atoms with van der Waals surface area (Å²) in [6.07, 6.45) is 8.17. The van der Waals surface area contributed by atoms with Crippen molar-refractivity contribution in [3.8, 4) is 0 Å². The van der Waals surface area contributed by atoms with E-state index in [2.05, 4.69) is 50.7 Å². The summed E-state index contributed by atoms with van der Waals surface area (Å²) >= 11 is 12.4. The first-order valence-electron chi connectivity index (χ1n) is 11.4. The first-order valence-corrected chi connectivity index (χ1v) is 12.1. The molecule has 1 aliphatic carbocycles. The van der Waals surface area contributed by atoms with Crippen LogP contribution in [0.1, 0.15) is 38.8 Å². The maximum absolute atomic E-state index is 6.43. The molecule has 0 unspecified atom stereocenters. The molecule has 0 spiro atoms.